The van der Waals surface area contributed by atoms with Gasteiger partial charge in [-0.15, -0.1) is 11.3 Å². The standard InChI is InChI=1S/C14H25N3S/c1-3-14-16-13(11-18-14)12(2)15-7-10-17-8-5-4-6-9-17/h11-12,15H,3-10H2,1-2H3/t12-/m1/s1. The van der Waals surface area contributed by atoms with Gasteiger partial charge in [0.05, 0.1) is 10.7 Å². The fraction of sp³-hybridized carbons (Fsp3) is 0.786. The number of nitrogens with zero attached hydrogens (tertiary/aromatic N) is 2. The van der Waals surface area contributed by atoms with E-state index in [0.717, 1.165) is 13.0 Å². The molecule has 1 aromatic heterocycles. The second-order valence-electron chi connectivity index (χ2n) is 5.10. The summed E-state index contributed by atoms with van der Waals surface area (Å²) in [5.41, 5.74) is 1.20. The molecule has 2 rings (SSSR count). The van der Waals surface area contributed by atoms with Crippen molar-refractivity contribution in [2.24, 2.45) is 0 Å². The molecule has 2 heterocycles. The van der Waals surface area contributed by atoms with E-state index < -0.39 is 0 Å². The van der Waals surface area contributed by atoms with Crippen molar-refractivity contribution in [1.82, 2.24) is 15.2 Å². The molecule has 0 unspecified atom stereocenters. The fourth-order valence-electron chi connectivity index (χ4n) is 2.41. The molecule has 1 aromatic rings. The second-order valence-corrected chi connectivity index (χ2v) is 6.04. The minimum atomic E-state index is 0.381. The Morgan fingerprint density at radius 3 is 2.83 bits per heavy atom. The van der Waals surface area contributed by atoms with Crippen LogP contribution in [0.2, 0.25) is 0 Å². The van der Waals surface area contributed by atoms with Gasteiger partial charge in [0.15, 0.2) is 0 Å². The number of piperidine rings is 1. The lowest BCUT2D eigenvalue weighted by Gasteiger charge is -2.26. The molecule has 0 amide bonds. The van der Waals surface area contributed by atoms with Gasteiger partial charge in [0.2, 0.25) is 0 Å². The van der Waals surface area contributed by atoms with E-state index >= 15 is 0 Å². The number of aryl methyl sites for hydroxylation is 1. The molecule has 4 heteroatoms. The fourth-order valence-corrected chi connectivity index (χ4v) is 3.25. The van der Waals surface area contributed by atoms with E-state index in [2.05, 4.69) is 34.4 Å². The van der Waals surface area contributed by atoms with Gasteiger partial charge in [0.1, 0.15) is 0 Å². The third-order valence-electron chi connectivity index (χ3n) is 3.64. The van der Waals surface area contributed by atoms with E-state index in [4.69, 9.17) is 0 Å². The number of hydrogen-bond donors (Lipinski definition) is 1. The Morgan fingerprint density at radius 1 is 1.39 bits per heavy atom. The number of rotatable bonds is 6. The lowest BCUT2D eigenvalue weighted by molar-refractivity contribution is 0.227. The summed E-state index contributed by atoms with van der Waals surface area (Å²) < 4.78 is 0. The highest BCUT2D eigenvalue weighted by molar-refractivity contribution is 7.09. The van der Waals surface area contributed by atoms with E-state index in [0.29, 0.717) is 6.04 Å². The van der Waals surface area contributed by atoms with Gasteiger partial charge in [-0.25, -0.2) is 4.98 Å². The molecule has 0 radical (unpaired) electrons. The van der Waals surface area contributed by atoms with E-state index in [1.54, 1.807) is 11.3 Å². The Kier molecular flexibility index (Phi) is 5.60. The zero-order chi connectivity index (χ0) is 12.8. The summed E-state index contributed by atoms with van der Waals surface area (Å²) in [5, 5.41) is 7.02. The predicted molar refractivity (Wildman–Crippen MR) is 78.2 cm³/mol. The topological polar surface area (TPSA) is 28.2 Å². The van der Waals surface area contributed by atoms with Crippen molar-refractivity contribution in [2.45, 2.75) is 45.6 Å². The van der Waals surface area contributed by atoms with E-state index in [1.165, 1.54) is 49.6 Å². The van der Waals surface area contributed by atoms with Crippen LogP contribution in [-0.2, 0) is 6.42 Å². The van der Waals surface area contributed by atoms with Crippen molar-refractivity contribution in [3.8, 4) is 0 Å². The molecule has 1 N–H and O–H groups in total. The average molecular weight is 267 g/mol. The molecule has 1 saturated heterocycles. The summed E-state index contributed by atoms with van der Waals surface area (Å²) in [6.45, 7) is 9.19. The van der Waals surface area contributed by atoms with Gasteiger partial charge < -0.3 is 10.2 Å². The average Bonchev–Trinajstić information content (AvgIpc) is 2.89. The molecule has 0 aliphatic carbocycles. The number of likely N-dealkylation sites (tertiary alicyclic amines) is 1. The van der Waals surface area contributed by atoms with Crippen LogP contribution in [0.5, 0.6) is 0 Å². The van der Waals surface area contributed by atoms with E-state index in [9.17, 15) is 0 Å². The summed E-state index contributed by atoms with van der Waals surface area (Å²) in [6, 6.07) is 0.381. The lowest BCUT2D eigenvalue weighted by atomic mass is 10.1. The molecule has 18 heavy (non-hydrogen) atoms. The summed E-state index contributed by atoms with van der Waals surface area (Å²) in [4.78, 5) is 7.21. The quantitative estimate of drug-likeness (QED) is 0.859. The highest BCUT2D eigenvalue weighted by atomic mass is 32.1. The molecule has 0 spiro atoms. The summed E-state index contributed by atoms with van der Waals surface area (Å²) in [7, 11) is 0. The van der Waals surface area contributed by atoms with Crippen molar-refractivity contribution in [3.05, 3.63) is 16.1 Å². The minimum Gasteiger partial charge on any atom is -0.308 e. The third-order valence-corrected chi connectivity index (χ3v) is 4.65. The third kappa shape index (κ3) is 4.04. The van der Waals surface area contributed by atoms with E-state index in [1.807, 2.05) is 0 Å². The predicted octanol–water partition coefficient (Wildman–Crippen LogP) is 2.84. The molecule has 0 saturated carbocycles. The van der Waals surface area contributed by atoms with Gasteiger partial charge in [-0.05, 0) is 39.3 Å². The molecule has 0 bridgehead atoms. The normalized spacial score (nSPS) is 19.0. The van der Waals surface area contributed by atoms with Gasteiger partial charge in [0.25, 0.3) is 0 Å². The van der Waals surface area contributed by atoms with Gasteiger partial charge in [0, 0.05) is 24.5 Å². The molecular weight excluding hydrogens is 242 g/mol. The van der Waals surface area contributed by atoms with Crippen LogP contribution in [0, 0.1) is 0 Å². The first kappa shape index (κ1) is 14.0. The monoisotopic (exact) mass is 267 g/mol. The van der Waals surface area contributed by atoms with Crippen LogP contribution in [0.15, 0.2) is 5.38 Å². The zero-order valence-corrected chi connectivity index (χ0v) is 12.4. The van der Waals surface area contributed by atoms with Crippen molar-refractivity contribution in [2.75, 3.05) is 26.2 Å². The first-order chi connectivity index (χ1) is 8.79. The molecule has 3 nitrogen and oxygen atoms in total. The van der Waals surface area contributed by atoms with E-state index in [-0.39, 0.29) is 0 Å². The summed E-state index contributed by atoms with van der Waals surface area (Å²) >= 11 is 1.78. The SMILES string of the molecule is CCc1nc([C@@H](C)NCCN2CCCCC2)cs1. The lowest BCUT2D eigenvalue weighted by Crippen LogP contribution is -2.36. The number of thiazole rings is 1. The van der Waals surface area contributed by atoms with Gasteiger partial charge in [-0.3, -0.25) is 0 Å². The van der Waals surface area contributed by atoms with Crippen molar-refractivity contribution in [1.29, 1.82) is 0 Å². The molecule has 102 valence electrons. The van der Waals surface area contributed by atoms with Crippen LogP contribution < -0.4 is 5.32 Å². The van der Waals surface area contributed by atoms with Gasteiger partial charge in [-0.2, -0.15) is 0 Å². The molecule has 1 atom stereocenters. The maximum atomic E-state index is 4.64. The molecular formula is C14H25N3S. The smallest absolute Gasteiger partial charge is 0.0926 e. The van der Waals surface area contributed by atoms with Crippen LogP contribution in [0.1, 0.15) is 49.9 Å². The largest absolute Gasteiger partial charge is 0.308 e. The summed E-state index contributed by atoms with van der Waals surface area (Å²) in [5.74, 6) is 0. The van der Waals surface area contributed by atoms with Gasteiger partial charge in [-0.1, -0.05) is 13.3 Å². The highest BCUT2D eigenvalue weighted by Gasteiger charge is 2.11. The van der Waals surface area contributed by atoms with Gasteiger partial charge >= 0.3 is 0 Å². The second kappa shape index (κ2) is 7.22. The highest BCUT2D eigenvalue weighted by Crippen LogP contribution is 2.16. The Bertz CT molecular complexity index is 345. The van der Waals surface area contributed by atoms with Crippen molar-refractivity contribution in [3.63, 3.8) is 0 Å². The minimum absolute atomic E-state index is 0.381. The van der Waals surface area contributed by atoms with Crippen molar-refractivity contribution >= 4 is 11.3 Å². The van der Waals surface area contributed by atoms with Crippen LogP contribution >= 0.6 is 11.3 Å². The first-order valence-electron chi connectivity index (χ1n) is 7.19. The number of nitrogens with one attached hydrogen (secondary N) is 1. The maximum absolute atomic E-state index is 4.64. The van der Waals surface area contributed by atoms with Crippen LogP contribution in [0.3, 0.4) is 0 Å². The first-order valence-corrected chi connectivity index (χ1v) is 8.07. The van der Waals surface area contributed by atoms with Crippen LogP contribution in [0.4, 0.5) is 0 Å². The molecule has 0 aromatic carbocycles. The number of hydrogen-bond acceptors (Lipinski definition) is 4. The summed E-state index contributed by atoms with van der Waals surface area (Å²) in [6.07, 6.45) is 5.22. The Balaban J connectivity index is 1.69. The maximum Gasteiger partial charge on any atom is 0.0926 e. The van der Waals surface area contributed by atoms with Crippen molar-refractivity contribution < 1.29 is 0 Å². The Labute approximate surface area is 115 Å². The molecule has 1 aliphatic rings. The van der Waals surface area contributed by atoms with Crippen LogP contribution in [0.25, 0.3) is 0 Å². The number of aromatic nitrogens is 1. The van der Waals surface area contributed by atoms with Crippen LogP contribution in [-0.4, -0.2) is 36.1 Å². The zero-order valence-electron chi connectivity index (χ0n) is 11.6. The molecule has 1 aliphatic heterocycles. The Morgan fingerprint density at radius 2 is 2.17 bits per heavy atom. The molecule has 1 fully saturated rings. The Hall–Kier alpha value is -0.450.